The summed E-state index contributed by atoms with van der Waals surface area (Å²) in [5, 5.41) is 65.6. The zero-order chi connectivity index (χ0) is 31.3. The van der Waals surface area contributed by atoms with Gasteiger partial charge in [-0.15, -0.1) is 0 Å². The summed E-state index contributed by atoms with van der Waals surface area (Å²) in [6.45, 7) is 3.70. The van der Waals surface area contributed by atoms with Gasteiger partial charge in [0, 0.05) is 19.0 Å². The molecule has 2 amide bonds. The van der Waals surface area contributed by atoms with E-state index < -0.39 is 55.3 Å². The van der Waals surface area contributed by atoms with Crippen molar-refractivity contribution in [3.8, 4) is 11.5 Å². The molecule has 2 aromatic carbocycles. The molecule has 0 bridgehead atoms. The number of aliphatic hydroxyl groups is 4. The molecule has 2 aliphatic rings. The van der Waals surface area contributed by atoms with Crippen LogP contribution in [-0.4, -0.2) is 85.9 Å². The van der Waals surface area contributed by atoms with Crippen molar-refractivity contribution in [2.75, 3.05) is 6.61 Å². The predicted octanol–water partition coefficient (Wildman–Crippen LogP) is 0.514. The third-order valence-corrected chi connectivity index (χ3v) is 8.47. The number of rotatable bonds is 10. The number of carbonyl (C=O) groups is 2. The molecule has 1 aliphatic carbocycles. The summed E-state index contributed by atoms with van der Waals surface area (Å²) in [7, 11) is 0. The summed E-state index contributed by atoms with van der Waals surface area (Å²) in [4.78, 5) is 27.2. The van der Waals surface area contributed by atoms with Crippen LogP contribution in [-0.2, 0) is 32.2 Å². The largest absolute Gasteiger partial charge is 0.508 e. The zero-order valence-corrected chi connectivity index (χ0v) is 24.2. The fourth-order valence-corrected chi connectivity index (χ4v) is 5.86. The average Bonchev–Trinajstić information content (AvgIpc) is 3.00. The molecule has 12 nitrogen and oxygen atoms in total. The number of ether oxygens (including phenoxy) is 2. The normalized spacial score (nSPS) is 31.0. The van der Waals surface area contributed by atoms with Gasteiger partial charge < -0.3 is 50.7 Å². The first-order valence-corrected chi connectivity index (χ1v) is 14.6. The first-order chi connectivity index (χ1) is 20.5. The molecule has 1 aliphatic heterocycles. The van der Waals surface area contributed by atoms with Gasteiger partial charge in [-0.3, -0.25) is 9.59 Å². The number of benzene rings is 2. The monoisotopic (exact) mass is 602 g/mol. The van der Waals surface area contributed by atoms with E-state index in [1.165, 1.54) is 24.3 Å². The first-order valence-electron chi connectivity index (χ1n) is 14.6. The topological polar surface area (TPSA) is 198 Å². The highest BCUT2D eigenvalue weighted by atomic mass is 16.7. The molecule has 2 aromatic rings. The molecule has 12 heteroatoms. The van der Waals surface area contributed by atoms with Crippen molar-refractivity contribution in [1.82, 2.24) is 10.6 Å². The summed E-state index contributed by atoms with van der Waals surface area (Å²) in [6, 6.07) is 12.8. The first kappa shape index (κ1) is 32.6. The molecule has 236 valence electrons. The van der Waals surface area contributed by atoms with Gasteiger partial charge in [0.25, 0.3) is 0 Å². The average molecular weight is 603 g/mol. The SMILES string of the molecule is CC(C)[C@H]1CC(C(=O)NCc2ccc(O)cc2)[C@@H](C(=O)NCc2ccc(O)cc2)CC1O[C@H]1OC(CO)[C@@H](O)C(O)C1O. The lowest BCUT2D eigenvalue weighted by atomic mass is 9.68. The number of phenolic OH excluding ortho intramolecular Hbond substituents is 2. The minimum atomic E-state index is -1.61. The Kier molecular flexibility index (Phi) is 11.0. The van der Waals surface area contributed by atoms with E-state index in [-0.39, 0.29) is 54.7 Å². The van der Waals surface area contributed by atoms with Crippen molar-refractivity contribution in [2.24, 2.45) is 23.7 Å². The lowest BCUT2D eigenvalue weighted by Gasteiger charge is -2.46. The second-order valence-corrected chi connectivity index (χ2v) is 11.7. The fourth-order valence-electron chi connectivity index (χ4n) is 5.86. The van der Waals surface area contributed by atoms with Crippen molar-refractivity contribution < 1.29 is 49.7 Å². The van der Waals surface area contributed by atoms with E-state index in [2.05, 4.69) is 10.6 Å². The molecule has 4 rings (SSSR count). The van der Waals surface area contributed by atoms with Crippen LogP contribution in [0, 0.1) is 23.7 Å². The number of phenols is 2. The third kappa shape index (κ3) is 8.02. The number of aliphatic hydroxyl groups excluding tert-OH is 4. The Morgan fingerprint density at radius 3 is 1.77 bits per heavy atom. The zero-order valence-electron chi connectivity index (χ0n) is 24.2. The highest BCUT2D eigenvalue weighted by molar-refractivity contribution is 5.88. The van der Waals surface area contributed by atoms with E-state index in [4.69, 9.17) is 9.47 Å². The summed E-state index contributed by atoms with van der Waals surface area (Å²) < 4.78 is 11.8. The van der Waals surface area contributed by atoms with Crippen LogP contribution in [0.15, 0.2) is 48.5 Å². The molecular weight excluding hydrogens is 560 g/mol. The van der Waals surface area contributed by atoms with Gasteiger partial charge in [-0.2, -0.15) is 0 Å². The third-order valence-electron chi connectivity index (χ3n) is 8.47. The number of aromatic hydroxyl groups is 2. The Labute approximate surface area is 250 Å². The lowest BCUT2D eigenvalue weighted by molar-refractivity contribution is -0.319. The van der Waals surface area contributed by atoms with Crippen molar-refractivity contribution in [3.63, 3.8) is 0 Å². The summed E-state index contributed by atoms with van der Waals surface area (Å²) >= 11 is 0. The van der Waals surface area contributed by atoms with E-state index in [1.54, 1.807) is 24.3 Å². The van der Waals surface area contributed by atoms with Gasteiger partial charge in [-0.1, -0.05) is 38.1 Å². The minimum Gasteiger partial charge on any atom is -0.508 e. The second kappa shape index (κ2) is 14.5. The van der Waals surface area contributed by atoms with E-state index in [0.29, 0.717) is 6.42 Å². The highest BCUT2D eigenvalue weighted by Gasteiger charge is 2.49. The Morgan fingerprint density at radius 1 is 0.814 bits per heavy atom. The van der Waals surface area contributed by atoms with E-state index in [0.717, 1.165) is 11.1 Å². The van der Waals surface area contributed by atoms with Crippen molar-refractivity contribution in [3.05, 3.63) is 59.7 Å². The Balaban J connectivity index is 1.54. The summed E-state index contributed by atoms with van der Waals surface area (Å²) in [5.74, 6) is -2.24. The van der Waals surface area contributed by atoms with Crippen molar-refractivity contribution in [2.45, 2.75) is 76.6 Å². The van der Waals surface area contributed by atoms with Gasteiger partial charge in [0.2, 0.25) is 11.8 Å². The molecule has 1 saturated carbocycles. The molecule has 0 spiro atoms. The Bertz CT molecular complexity index is 1210. The summed E-state index contributed by atoms with van der Waals surface area (Å²) in [5.41, 5.74) is 1.53. The fraction of sp³-hybridized carbons (Fsp3) is 0.548. The highest BCUT2D eigenvalue weighted by Crippen LogP contribution is 2.41. The van der Waals surface area contributed by atoms with Gasteiger partial charge in [-0.25, -0.2) is 0 Å². The van der Waals surface area contributed by atoms with Gasteiger partial charge in [0.15, 0.2) is 6.29 Å². The predicted molar refractivity (Wildman–Crippen MR) is 153 cm³/mol. The van der Waals surface area contributed by atoms with Crippen molar-refractivity contribution in [1.29, 1.82) is 0 Å². The number of hydrogen-bond donors (Lipinski definition) is 8. The number of hydrogen-bond acceptors (Lipinski definition) is 10. The van der Waals surface area contributed by atoms with Crippen LogP contribution < -0.4 is 10.6 Å². The van der Waals surface area contributed by atoms with Gasteiger partial charge in [0.1, 0.15) is 35.9 Å². The number of nitrogens with one attached hydrogen (secondary N) is 2. The maximum Gasteiger partial charge on any atom is 0.224 e. The smallest absolute Gasteiger partial charge is 0.224 e. The van der Waals surface area contributed by atoms with Crippen LogP contribution in [0.1, 0.15) is 37.8 Å². The molecule has 0 radical (unpaired) electrons. The van der Waals surface area contributed by atoms with Crippen LogP contribution in [0.25, 0.3) is 0 Å². The van der Waals surface area contributed by atoms with Gasteiger partial charge >= 0.3 is 0 Å². The Hall–Kier alpha value is -3.26. The molecule has 2 fully saturated rings. The van der Waals surface area contributed by atoms with Crippen molar-refractivity contribution >= 4 is 11.8 Å². The Morgan fingerprint density at radius 2 is 1.30 bits per heavy atom. The molecule has 0 aromatic heterocycles. The summed E-state index contributed by atoms with van der Waals surface area (Å²) in [6.07, 6.45) is -7.53. The molecule has 8 N–H and O–H groups in total. The van der Waals surface area contributed by atoms with E-state index in [9.17, 15) is 40.2 Å². The van der Waals surface area contributed by atoms with Gasteiger partial charge in [0.05, 0.1) is 18.6 Å². The van der Waals surface area contributed by atoms with E-state index in [1.807, 2.05) is 13.8 Å². The maximum atomic E-state index is 13.6. The van der Waals surface area contributed by atoms with Crippen LogP contribution in [0.4, 0.5) is 0 Å². The molecule has 9 atom stereocenters. The number of amides is 2. The van der Waals surface area contributed by atoms with Crippen LogP contribution in [0.5, 0.6) is 11.5 Å². The molecule has 1 saturated heterocycles. The molecule has 43 heavy (non-hydrogen) atoms. The second-order valence-electron chi connectivity index (χ2n) is 11.7. The van der Waals surface area contributed by atoms with Crippen LogP contribution >= 0.6 is 0 Å². The minimum absolute atomic E-state index is 0.00305. The maximum absolute atomic E-state index is 13.6. The van der Waals surface area contributed by atoms with E-state index >= 15 is 0 Å². The quantitative estimate of drug-likeness (QED) is 0.190. The molecule has 5 unspecified atom stereocenters. The molecular formula is C31H42N2O10. The standard InChI is InChI=1S/C31H42N2O10/c1-16(2)21-11-22(29(40)32-13-17-3-7-19(35)8-4-17)23(30(41)33-14-18-5-9-20(36)10-6-18)12-24(21)42-31-28(39)27(38)26(37)25(15-34)43-31/h3-10,16,21-28,31,34-39H,11-15H2,1-2H3,(H,32,40)(H,33,41)/t21-,22?,23+,24?,25?,26-,27?,28?,31+/m1/s1. The molecule has 1 heterocycles. The van der Waals surface area contributed by atoms with Gasteiger partial charge in [-0.05, 0) is 60.1 Å². The van der Waals surface area contributed by atoms with Crippen LogP contribution in [0.3, 0.4) is 0 Å². The lowest BCUT2D eigenvalue weighted by Crippen LogP contribution is -2.60. The van der Waals surface area contributed by atoms with Crippen LogP contribution in [0.2, 0.25) is 0 Å². The number of carbonyl (C=O) groups excluding carboxylic acids is 2.